The van der Waals surface area contributed by atoms with E-state index in [1.54, 1.807) is 12.1 Å². The fourth-order valence-electron chi connectivity index (χ4n) is 2.89. The largest absolute Gasteiger partial charge is 1.00 e. The number of aliphatic hydroxyl groups excluding tert-OH is 4. The van der Waals surface area contributed by atoms with Crippen molar-refractivity contribution in [1.82, 2.24) is 19.5 Å². The maximum atomic E-state index is 12.2. The number of hydrogen-bond acceptors (Lipinski definition) is 8. The van der Waals surface area contributed by atoms with Gasteiger partial charge in [-0.25, -0.2) is 9.78 Å². The summed E-state index contributed by atoms with van der Waals surface area (Å²) in [5.74, 6) is -0.0516. The van der Waals surface area contributed by atoms with E-state index in [1.807, 2.05) is 13.8 Å². The second-order valence-corrected chi connectivity index (χ2v) is 6.50. The van der Waals surface area contributed by atoms with Crippen LogP contribution in [0, 0.1) is 13.8 Å². The Morgan fingerprint density at radius 2 is 1.78 bits per heavy atom. The van der Waals surface area contributed by atoms with Crippen LogP contribution in [0.4, 0.5) is 0 Å². The lowest BCUT2D eigenvalue weighted by Crippen LogP contribution is -2.42. The highest BCUT2D eigenvalue weighted by Crippen LogP contribution is 2.24. The number of rotatable bonds is 5. The fourth-order valence-corrected chi connectivity index (χ4v) is 2.89. The molecule has 10 heteroatoms. The van der Waals surface area contributed by atoms with E-state index in [0.717, 1.165) is 11.1 Å². The van der Waals surface area contributed by atoms with Crippen molar-refractivity contribution in [3.8, 4) is 11.5 Å². The van der Waals surface area contributed by atoms with Crippen molar-refractivity contribution in [3.63, 3.8) is 0 Å². The van der Waals surface area contributed by atoms with E-state index in [1.165, 1.54) is 4.57 Å². The van der Waals surface area contributed by atoms with Gasteiger partial charge in [-0.1, -0.05) is 0 Å². The summed E-state index contributed by atoms with van der Waals surface area (Å²) < 4.78 is 1.40. The molecule has 3 rings (SSSR count). The highest BCUT2D eigenvalue weighted by Gasteiger charge is 2.27. The van der Waals surface area contributed by atoms with Crippen molar-refractivity contribution in [3.05, 3.63) is 44.1 Å². The van der Waals surface area contributed by atoms with Crippen molar-refractivity contribution in [2.45, 2.75) is 38.7 Å². The molecule has 0 unspecified atom stereocenters. The van der Waals surface area contributed by atoms with Gasteiger partial charge in [0.15, 0.2) is 11.5 Å². The van der Waals surface area contributed by atoms with Gasteiger partial charge >= 0.3 is 7.12 Å². The van der Waals surface area contributed by atoms with Crippen molar-refractivity contribution in [2.24, 2.45) is 0 Å². The number of H-pyrrole nitrogens is 1. The van der Waals surface area contributed by atoms with Gasteiger partial charge in [0.05, 0.1) is 24.2 Å². The average Bonchev–Trinajstić information content (AvgIpc) is 2.62. The Morgan fingerprint density at radius 3 is 2.44 bits per heavy atom. The molecule has 0 fully saturated rings. The molecule has 1 aromatic rings. The molecule has 0 aromatic heterocycles. The number of aromatic amines is 1. The van der Waals surface area contributed by atoms with E-state index < -0.39 is 36.2 Å². The Morgan fingerprint density at radius 1 is 1.11 bits per heavy atom. The van der Waals surface area contributed by atoms with Gasteiger partial charge < -0.3 is 25.0 Å². The highest BCUT2D eigenvalue weighted by atomic mass is 16.4. The molecule has 2 aliphatic rings. The molecular formula is C17H21N4O6+. The van der Waals surface area contributed by atoms with Crippen molar-refractivity contribution >= 4 is 11.0 Å². The van der Waals surface area contributed by atoms with Gasteiger partial charge in [-0.05, 0) is 37.1 Å². The maximum absolute atomic E-state index is 12.2. The maximum Gasteiger partial charge on any atom is 1.00 e. The topological polar surface area (TPSA) is 162 Å². The molecule has 144 valence electrons. The Hall–Kier alpha value is -2.66. The molecule has 1 aromatic carbocycles. The Balaban J connectivity index is 0.00000280. The fraction of sp³-hybridized carbons (Fsp3) is 0.412. The van der Waals surface area contributed by atoms with Crippen LogP contribution in [0.1, 0.15) is 12.6 Å². The molecule has 3 atom stereocenters. The Labute approximate surface area is 154 Å². The SMILES string of the molecule is Cc1cc2nc3c(=O)[nH]c(=O)nc-3n(C[C@H](O)[C@H](O)[C@H](O)CO)c2cc1C.[H+]. The van der Waals surface area contributed by atoms with Crippen LogP contribution in [0.15, 0.2) is 21.7 Å². The van der Waals surface area contributed by atoms with E-state index in [9.17, 15) is 24.9 Å². The Kier molecular flexibility index (Phi) is 5.07. The second kappa shape index (κ2) is 7.16. The minimum atomic E-state index is -1.64. The summed E-state index contributed by atoms with van der Waals surface area (Å²) in [6.45, 7) is 2.73. The quantitative estimate of drug-likeness (QED) is 0.332. The first-order chi connectivity index (χ1) is 12.7. The third-order valence-electron chi connectivity index (χ3n) is 4.57. The second-order valence-electron chi connectivity index (χ2n) is 6.50. The number of nitrogens with one attached hydrogen (secondary N) is 1. The van der Waals surface area contributed by atoms with Crippen molar-refractivity contribution in [1.29, 1.82) is 0 Å². The molecule has 0 aliphatic carbocycles. The summed E-state index contributed by atoms with van der Waals surface area (Å²) in [4.78, 5) is 34.0. The molecule has 0 spiro atoms. The third kappa shape index (κ3) is 3.47. The molecule has 27 heavy (non-hydrogen) atoms. The molecule has 2 aliphatic heterocycles. The van der Waals surface area contributed by atoms with Gasteiger partial charge in [0.1, 0.15) is 18.3 Å². The van der Waals surface area contributed by atoms with Gasteiger partial charge in [0.25, 0.3) is 5.56 Å². The van der Waals surface area contributed by atoms with Gasteiger partial charge in [-0.2, -0.15) is 4.98 Å². The van der Waals surface area contributed by atoms with Crippen LogP contribution < -0.4 is 11.2 Å². The van der Waals surface area contributed by atoms with Crippen LogP contribution in [-0.2, 0) is 6.54 Å². The van der Waals surface area contributed by atoms with Crippen LogP contribution in [0.3, 0.4) is 0 Å². The van der Waals surface area contributed by atoms with E-state index >= 15 is 0 Å². The summed E-state index contributed by atoms with van der Waals surface area (Å²) in [5.41, 5.74) is 1.11. The van der Waals surface area contributed by atoms with Crippen LogP contribution in [0.2, 0.25) is 0 Å². The summed E-state index contributed by atoms with van der Waals surface area (Å²) in [5, 5.41) is 38.8. The standard InChI is InChI=1S/C17H20N4O6/c1-7-3-9-10(4-8(7)2)21(5-11(23)14(25)12(24)6-22)15-13(18-9)16(26)20-17(27)19-15/h3-4,11-12,14,22-25H,5-6H2,1-2H3,(H,20,26,27)/p+1/t11-,12+,14-/m0/s1. The molecule has 0 radical (unpaired) electrons. The lowest BCUT2D eigenvalue weighted by molar-refractivity contribution is -0.0802. The molecule has 0 amide bonds. The first-order valence-corrected chi connectivity index (χ1v) is 8.29. The van der Waals surface area contributed by atoms with Gasteiger partial charge in [-0.3, -0.25) is 9.78 Å². The summed E-state index contributed by atoms with van der Waals surface area (Å²) >= 11 is 0. The van der Waals surface area contributed by atoms with Crippen LogP contribution in [-0.4, -0.2) is 64.9 Å². The lowest BCUT2D eigenvalue weighted by atomic mass is 10.1. The van der Waals surface area contributed by atoms with Gasteiger partial charge in [0, 0.05) is 0 Å². The smallest absolute Gasteiger partial charge is 0.394 e. The number of aromatic nitrogens is 4. The van der Waals surface area contributed by atoms with E-state index in [2.05, 4.69) is 15.0 Å². The van der Waals surface area contributed by atoms with E-state index in [-0.39, 0.29) is 19.5 Å². The predicted molar refractivity (Wildman–Crippen MR) is 96.7 cm³/mol. The van der Waals surface area contributed by atoms with Crippen LogP contribution in [0.5, 0.6) is 0 Å². The number of aliphatic hydroxyl groups is 4. The number of hydrogen-bond donors (Lipinski definition) is 5. The summed E-state index contributed by atoms with van der Waals surface area (Å²) in [7, 11) is 0. The van der Waals surface area contributed by atoms with Gasteiger partial charge in [-0.15, -0.1) is 0 Å². The molecule has 10 nitrogen and oxygen atoms in total. The molecule has 5 N–H and O–H groups in total. The van der Waals surface area contributed by atoms with E-state index in [0.29, 0.717) is 11.0 Å². The zero-order valence-electron chi connectivity index (χ0n) is 15.7. The summed E-state index contributed by atoms with van der Waals surface area (Å²) in [6, 6.07) is 3.53. The van der Waals surface area contributed by atoms with Crippen LogP contribution >= 0.6 is 0 Å². The normalized spacial score (nSPS) is 15.2. The zero-order chi connectivity index (χ0) is 19.9. The third-order valence-corrected chi connectivity index (χ3v) is 4.57. The number of aryl methyl sites for hydroxylation is 2. The number of nitrogens with zero attached hydrogens (tertiary/aromatic N) is 3. The molecule has 0 saturated carbocycles. The average molecular weight is 377 g/mol. The van der Waals surface area contributed by atoms with E-state index in [4.69, 9.17) is 5.11 Å². The van der Waals surface area contributed by atoms with Crippen molar-refractivity contribution < 1.29 is 21.9 Å². The molecular weight excluding hydrogens is 356 g/mol. The monoisotopic (exact) mass is 377 g/mol. The first-order valence-electron chi connectivity index (χ1n) is 8.29. The summed E-state index contributed by atoms with van der Waals surface area (Å²) in [6.07, 6.45) is -4.68. The van der Waals surface area contributed by atoms with Gasteiger partial charge in [0.2, 0.25) is 0 Å². The molecule has 0 saturated heterocycles. The highest BCUT2D eigenvalue weighted by molar-refractivity contribution is 5.81. The van der Waals surface area contributed by atoms with Crippen LogP contribution in [0.25, 0.3) is 22.6 Å². The predicted octanol–water partition coefficient (Wildman–Crippen LogP) is -1.61. The molecule has 2 heterocycles. The minimum absolute atomic E-state index is 0. The number of fused-ring (bicyclic) bond motifs is 2. The lowest BCUT2D eigenvalue weighted by Gasteiger charge is -2.25. The number of benzene rings is 1. The zero-order valence-corrected chi connectivity index (χ0v) is 14.7. The minimum Gasteiger partial charge on any atom is -0.394 e. The molecule has 0 bridgehead atoms. The first kappa shape index (κ1) is 19.1. The van der Waals surface area contributed by atoms with Crippen molar-refractivity contribution in [2.75, 3.05) is 6.61 Å². The Bertz CT molecular complexity index is 1080.